The fourth-order valence-electron chi connectivity index (χ4n) is 1.78. The quantitative estimate of drug-likeness (QED) is 0.887. The van der Waals surface area contributed by atoms with Gasteiger partial charge in [-0.2, -0.15) is 0 Å². The second kappa shape index (κ2) is 6.45. The predicted molar refractivity (Wildman–Crippen MR) is 70.4 cm³/mol. The summed E-state index contributed by atoms with van der Waals surface area (Å²) in [5.41, 5.74) is 0.927. The number of carbonyl (C=O) groups is 1. The lowest BCUT2D eigenvalue weighted by molar-refractivity contribution is -0.137. The van der Waals surface area contributed by atoms with Crippen LogP contribution in [-0.4, -0.2) is 34.6 Å². The number of hydrogen-bond acceptors (Lipinski definition) is 4. The summed E-state index contributed by atoms with van der Waals surface area (Å²) in [5, 5.41) is 8.60. The molecule has 112 valence electrons. The molecule has 0 aliphatic rings. The number of halogens is 2. The van der Waals surface area contributed by atoms with Crippen LogP contribution in [0.25, 0.3) is 11.5 Å². The molecule has 0 amide bonds. The first kappa shape index (κ1) is 15.1. The molecule has 5 nitrogen and oxygen atoms in total. The maximum atomic E-state index is 13.1. The summed E-state index contributed by atoms with van der Waals surface area (Å²) in [6, 6.07) is 3.40. The molecule has 0 spiro atoms. The number of nitrogens with zero attached hydrogens (tertiary/aromatic N) is 2. The highest BCUT2D eigenvalue weighted by atomic mass is 19.2. The van der Waals surface area contributed by atoms with Crippen molar-refractivity contribution in [1.82, 2.24) is 9.88 Å². The third-order valence-electron chi connectivity index (χ3n) is 2.86. The lowest BCUT2D eigenvalue weighted by atomic mass is 10.2. The largest absolute Gasteiger partial charge is 0.481 e. The van der Waals surface area contributed by atoms with Crippen molar-refractivity contribution in [3.8, 4) is 11.5 Å². The Morgan fingerprint density at radius 1 is 1.38 bits per heavy atom. The highest BCUT2D eigenvalue weighted by molar-refractivity contribution is 5.66. The van der Waals surface area contributed by atoms with Gasteiger partial charge in [0.05, 0.1) is 12.1 Å². The molecule has 0 unspecified atom stereocenters. The molecule has 1 N–H and O–H groups in total. The topological polar surface area (TPSA) is 66.6 Å². The SMILES string of the molecule is CN(CCC(=O)O)Cc1coc(-c2ccc(F)c(F)c2)n1. The molecule has 1 aromatic heterocycles. The Balaban J connectivity index is 2.04. The van der Waals surface area contributed by atoms with Crippen LogP contribution < -0.4 is 0 Å². The Morgan fingerprint density at radius 3 is 2.81 bits per heavy atom. The van der Waals surface area contributed by atoms with Gasteiger partial charge in [0.1, 0.15) is 6.26 Å². The summed E-state index contributed by atoms with van der Waals surface area (Å²) in [4.78, 5) is 16.4. The number of hydrogen-bond donors (Lipinski definition) is 1. The molecule has 0 radical (unpaired) electrons. The van der Waals surface area contributed by atoms with Crippen LogP contribution in [0.2, 0.25) is 0 Å². The summed E-state index contributed by atoms with van der Waals surface area (Å²) in [6.07, 6.45) is 1.44. The van der Waals surface area contributed by atoms with E-state index in [4.69, 9.17) is 9.52 Å². The van der Waals surface area contributed by atoms with Crippen molar-refractivity contribution in [1.29, 1.82) is 0 Å². The normalized spacial score (nSPS) is 11.0. The highest BCUT2D eigenvalue weighted by Gasteiger charge is 2.11. The van der Waals surface area contributed by atoms with Crippen LogP contribution >= 0.6 is 0 Å². The molecule has 1 aromatic carbocycles. The van der Waals surface area contributed by atoms with E-state index in [0.717, 1.165) is 12.1 Å². The van der Waals surface area contributed by atoms with Gasteiger partial charge in [0, 0.05) is 18.7 Å². The first-order valence-corrected chi connectivity index (χ1v) is 6.26. The molecule has 0 saturated heterocycles. The third-order valence-corrected chi connectivity index (χ3v) is 2.86. The van der Waals surface area contributed by atoms with Crippen LogP contribution in [-0.2, 0) is 11.3 Å². The van der Waals surface area contributed by atoms with Crippen molar-refractivity contribution in [2.75, 3.05) is 13.6 Å². The van der Waals surface area contributed by atoms with E-state index in [-0.39, 0.29) is 12.3 Å². The molecule has 0 aliphatic carbocycles. The Kier molecular flexibility index (Phi) is 4.64. The van der Waals surface area contributed by atoms with E-state index < -0.39 is 17.6 Å². The van der Waals surface area contributed by atoms with E-state index in [0.29, 0.717) is 24.3 Å². The highest BCUT2D eigenvalue weighted by Crippen LogP contribution is 2.21. The average Bonchev–Trinajstić information content (AvgIpc) is 2.88. The fraction of sp³-hybridized carbons (Fsp3) is 0.286. The van der Waals surface area contributed by atoms with Crippen LogP contribution in [0.15, 0.2) is 28.9 Å². The van der Waals surface area contributed by atoms with Gasteiger partial charge in [-0.25, -0.2) is 13.8 Å². The van der Waals surface area contributed by atoms with Crippen molar-refractivity contribution in [3.63, 3.8) is 0 Å². The molecule has 0 fully saturated rings. The number of aliphatic carboxylic acids is 1. The van der Waals surface area contributed by atoms with E-state index in [1.54, 1.807) is 11.9 Å². The molecular weight excluding hydrogens is 282 g/mol. The van der Waals surface area contributed by atoms with Crippen molar-refractivity contribution >= 4 is 5.97 Å². The summed E-state index contributed by atoms with van der Waals surface area (Å²) < 4.78 is 31.2. The molecule has 0 atom stereocenters. The van der Waals surface area contributed by atoms with Gasteiger partial charge in [-0.3, -0.25) is 9.69 Å². The summed E-state index contributed by atoms with van der Waals surface area (Å²) >= 11 is 0. The zero-order chi connectivity index (χ0) is 15.4. The van der Waals surface area contributed by atoms with Gasteiger partial charge >= 0.3 is 5.97 Å². The Hall–Kier alpha value is -2.28. The van der Waals surface area contributed by atoms with Gasteiger partial charge in [-0.05, 0) is 25.2 Å². The van der Waals surface area contributed by atoms with Crippen molar-refractivity contribution in [3.05, 3.63) is 41.8 Å². The zero-order valence-corrected chi connectivity index (χ0v) is 11.3. The van der Waals surface area contributed by atoms with Crippen molar-refractivity contribution in [2.45, 2.75) is 13.0 Å². The molecule has 2 rings (SSSR count). The lowest BCUT2D eigenvalue weighted by Crippen LogP contribution is -2.21. The van der Waals surface area contributed by atoms with Gasteiger partial charge in [0.25, 0.3) is 0 Å². The molecule has 0 bridgehead atoms. The Labute approximate surface area is 119 Å². The number of benzene rings is 1. The average molecular weight is 296 g/mol. The molecule has 0 saturated carbocycles. The predicted octanol–water partition coefficient (Wildman–Crippen LogP) is 2.53. The van der Waals surface area contributed by atoms with Gasteiger partial charge in [-0.1, -0.05) is 0 Å². The number of rotatable bonds is 6. The standard InChI is InChI=1S/C14H14F2N2O3/c1-18(5-4-13(19)20)7-10-8-21-14(17-10)9-2-3-11(15)12(16)6-9/h2-3,6,8H,4-5,7H2,1H3,(H,19,20). The fourth-order valence-corrected chi connectivity index (χ4v) is 1.78. The molecule has 7 heteroatoms. The lowest BCUT2D eigenvalue weighted by Gasteiger charge is -2.12. The van der Waals surface area contributed by atoms with E-state index in [9.17, 15) is 13.6 Å². The minimum atomic E-state index is -0.967. The minimum absolute atomic E-state index is 0.0321. The van der Waals surface area contributed by atoms with Crippen LogP contribution in [0.4, 0.5) is 8.78 Å². The summed E-state index contributed by atoms with van der Waals surface area (Å²) in [6.45, 7) is 0.781. The first-order chi connectivity index (χ1) is 9.95. The number of carboxylic acids is 1. The monoisotopic (exact) mass is 296 g/mol. The van der Waals surface area contributed by atoms with Crippen LogP contribution in [0.3, 0.4) is 0 Å². The maximum Gasteiger partial charge on any atom is 0.304 e. The molecule has 1 heterocycles. The maximum absolute atomic E-state index is 13.1. The van der Waals surface area contributed by atoms with Gasteiger partial charge in [0.2, 0.25) is 5.89 Å². The second-order valence-electron chi connectivity index (χ2n) is 4.65. The van der Waals surface area contributed by atoms with E-state index >= 15 is 0 Å². The van der Waals surface area contributed by atoms with Crippen LogP contribution in [0, 0.1) is 11.6 Å². The van der Waals surface area contributed by atoms with Crippen LogP contribution in [0.1, 0.15) is 12.1 Å². The van der Waals surface area contributed by atoms with Gasteiger partial charge < -0.3 is 9.52 Å². The van der Waals surface area contributed by atoms with Gasteiger partial charge in [0.15, 0.2) is 11.6 Å². The van der Waals surface area contributed by atoms with Crippen LogP contribution in [0.5, 0.6) is 0 Å². The van der Waals surface area contributed by atoms with E-state index in [1.165, 1.54) is 12.3 Å². The molecule has 21 heavy (non-hydrogen) atoms. The van der Waals surface area contributed by atoms with E-state index in [1.807, 2.05) is 0 Å². The molecule has 0 aliphatic heterocycles. The minimum Gasteiger partial charge on any atom is -0.481 e. The zero-order valence-electron chi connectivity index (χ0n) is 11.3. The smallest absolute Gasteiger partial charge is 0.304 e. The summed E-state index contributed by atoms with van der Waals surface area (Å²) in [5.74, 6) is -2.58. The van der Waals surface area contributed by atoms with Gasteiger partial charge in [-0.15, -0.1) is 0 Å². The summed E-state index contributed by atoms with van der Waals surface area (Å²) in [7, 11) is 1.76. The Bertz CT molecular complexity index is 643. The second-order valence-corrected chi connectivity index (χ2v) is 4.65. The Morgan fingerprint density at radius 2 is 2.14 bits per heavy atom. The molecule has 2 aromatic rings. The third kappa shape index (κ3) is 4.09. The van der Waals surface area contributed by atoms with E-state index in [2.05, 4.69) is 4.98 Å². The van der Waals surface area contributed by atoms with Crippen molar-refractivity contribution < 1.29 is 23.1 Å². The number of aromatic nitrogens is 1. The number of oxazole rings is 1. The first-order valence-electron chi connectivity index (χ1n) is 6.26. The van der Waals surface area contributed by atoms with Crippen molar-refractivity contribution in [2.24, 2.45) is 0 Å². The number of carboxylic acid groups (broad SMARTS) is 1. The molecular formula is C14H14F2N2O3.